The van der Waals surface area contributed by atoms with Crippen molar-refractivity contribution >= 4 is 37.3 Å². The highest BCUT2D eigenvalue weighted by molar-refractivity contribution is 6.70. The molecule has 0 bridgehead atoms. The third kappa shape index (κ3) is 5.95. The van der Waals surface area contributed by atoms with Gasteiger partial charge in [-0.15, -0.1) is 0 Å². The molecule has 2 amide bonds. The second-order valence-corrected chi connectivity index (χ2v) is 9.72. The molecule has 2 aromatic carbocycles. The third-order valence-corrected chi connectivity index (χ3v) is 5.93. The predicted molar refractivity (Wildman–Crippen MR) is 114 cm³/mol. The summed E-state index contributed by atoms with van der Waals surface area (Å²) in [6.07, 6.45) is -0.270. The van der Waals surface area contributed by atoms with Crippen LogP contribution in [0.5, 0.6) is 5.75 Å². The van der Waals surface area contributed by atoms with Crippen molar-refractivity contribution in [3.8, 4) is 5.75 Å². The molecule has 0 aliphatic carbocycles. The van der Waals surface area contributed by atoms with Gasteiger partial charge in [-0.05, 0) is 29.8 Å². The van der Waals surface area contributed by atoms with Crippen molar-refractivity contribution in [2.45, 2.75) is 25.6 Å². The molecule has 1 atom stereocenters. The summed E-state index contributed by atoms with van der Waals surface area (Å²) in [6.45, 7) is 4.47. The minimum atomic E-state index is -0.920. The van der Waals surface area contributed by atoms with Crippen molar-refractivity contribution in [2.75, 3.05) is 12.4 Å². The number of methoxy groups -OCH3 is 1. The Balaban J connectivity index is 2.21. The number of hydrogen-bond donors (Lipinski definition) is 4. The molecular weight excluding hydrogens is 372 g/mol. The van der Waals surface area contributed by atoms with E-state index in [1.165, 1.54) is 5.19 Å². The first-order valence-corrected chi connectivity index (χ1v) is 11.9. The first-order chi connectivity index (χ1) is 13.3. The largest absolute Gasteiger partial charge is 0.497 e. The average Bonchev–Trinajstić information content (AvgIpc) is 2.66. The van der Waals surface area contributed by atoms with E-state index >= 15 is 0 Å². The Kier molecular flexibility index (Phi) is 7.33. The van der Waals surface area contributed by atoms with E-state index in [2.05, 4.69) is 23.7 Å². The third-order valence-electron chi connectivity index (χ3n) is 4.21. The summed E-state index contributed by atoms with van der Waals surface area (Å²) in [7, 11) is 0.644. The highest BCUT2D eigenvalue weighted by Gasteiger charge is 2.23. The van der Waals surface area contributed by atoms with Gasteiger partial charge in [0, 0.05) is 5.69 Å². The molecule has 0 spiro atoms. The molecular formula is C20H26N4O3Si. The molecule has 0 aliphatic rings. The SMILES string of the molecule is COc1ccc(C(NC(=O)CC(=N)N)C(=O)Nc2ccc([SiH](C)C)cc2)cc1. The van der Waals surface area contributed by atoms with Crippen LogP contribution >= 0.6 is 0 Å². The van der Waals surface area contributed by atoms with Crippen molar-refractivity contribution in [3.63, 3.8) is 0 Å². The Hall–Kier alpha value is -3.13. The molecule has 28 heavy (non-hydrogen) atoms. The number of amidine groups is 1. The number of amides is 2. The minimum Gasteiger partial charge on any atom is -0.497 e. The lowest BCUT2D eigenvalue weighted by atomic mass is 10.1. The number of nitrogens with two attached hydrogens (primary N) is 1. The summed E-state index contributed by atoms with van der Waals surface area (Å²) in [4.78, 5) is 25.0. The minimum absolute atomic E-state index is 0.264. The maximum absolute atomic E-state index is 12.9. The Labute approximate surface area is 166 Å². The van der Waals surface area contributed by atoms with Crippen molar-refractivity contribution in [3.05, 3.63) is 54.1 Å². The molecule has 2 rings (SSSR count). The molecule has 0 heterocycles. The Bertz CT molecular complexity index is 836. The molecule has 0 aromatic heterocycles. The van der Waals surface area contributed by atoms with Gasteiger partial charge in [0.25, 0.3) is 5.91 Å². The summed E-state index contributed by atoms with van der Waals surface area (Å²) in [5.41, 5.74) is 6.55. The van der Waals surface area contributed by atoms with Crippen LogP contribution < -0.4 is 26.3 Å². The molecule has 2 aromatic rings. The van der Waals surface area contributed by atoms with Gasteiger partial charge in [0.05, 0.1) is 28.2 Å². The molecule has 0 radical (unpaired) electrons. The van der Waals surface area contributed by atoms with E-state index in [0.29, 0.717) is 17.0 Å². The molecule has 5 N–H and O–H groups in total. The molecule has 1 unspecified atom stereocenters. The standard InChI is InChI=1S/C20H26N4O3Si/c1-27-15-8-4-13(5-9-15)19(24-18(25)12-17(21)22)20(26)23-14-6-10-16(11-7-14)28(2)3/h4-11,19,28H,12H2,1-3H3,(H3,21,22)(H,23,26)(H,24,25). The summed E-state index contributed by atoms with van der Waals surface area (Å²) in [6, 6.07) is 13.7. The maximum atomic E-state index is 12.9. The van der Waals surface area contributed by atoms with Gasteiger partial charge in [-0.3, -0.25) is 15.0 Å². The zero-order valence-electron chi connectivity index (χ0n) is 16.3. The van der Waals surface area contributed by atoms with Crippen LogP contribution in [0.2, 0.25) is 13.1 Å². The molecule has 148 valence electrons. The highest BCUT2D eigenvalue weighted by Crippen LogP contribution is 2.20. The van der Waals surface area contributed by atoms with Gasteiger partial charge in [0.15, 0.2) is 0 Å². The van der Waals surface area contributed by atoms with Crippen LogP contribution in [0.4, 0.5) is 5.69 Å². The Morgan fingerprint density at radius 2 is 1.71 bits per heavy atom. The first kappa shape index (κ1) is 21.2. The number of carbonyl (C=O) groups is 2. The monoisotopic (exact) mass is 398 g/mol. The number of nitrogens with one attached hydrogen (secondary N) is 3. The molecule has 0 aliphatic heterocycles. The van der Waals surface area contributed by atoms with Crippen LogP contribution in [0.1, 0.15) is 18.0 Å². The second kappa shape index (κ2) is 9.70. The normalized spacial score (nSPS) is 11.6. The van der Waals surface area contributed by atoms with E-state index in [0.717, 1.165) is 0 Å². The summed E-state index contributed by atoms with van der Waals surface area (Å²) < 4.78 is 5.14. The second-order valence-electron chi connectivity index (χ2n) is 6.74. The molecule has 8 heteroatoms. The fraction of sp³-hybridized carbons (Fsp3) is 0.250. The fourth-order valence-corrected chi connectivity index (χ4v) is 3.61. The topological polar surface area (TPSA) is 117 Å². The first-order valence-electron chi connectivity index (χ1n) is 8.97. The predicted octanol–water partition coefficient (Wildman–Crippen LogP) is 1.51. The van der Waals surface area contributed by atoms with Crippen LogP contribution in [-0.2, 0) is 9.59 Å². The van der Waals surface area contributed by atoms with Gasteiger partial charge in [-0.25, -0.2) is 0 Å². The van der Waals surface area contributed by atoms with E-state index in [-0.39, 0.29) is 18.2 Å². The highest BCUT2D eigenvalue weighted by atomic mass is 28.3. The van der Waals surface area contributed by atoms with Crippen molar-refractivity contribution in [2.24, 2.45) is 5.73 Å². The van der Waals surface area contributed by atoms with E-state index in [1.54, 1.807) is 31.4 Å². The molecule has 0 fully saturated rings. The van der Waals surface area contributed by atoms with Gasteiger partial charge in [-0.2, -0.15) is 0 Å². The van der Waals surface area contributed by atoms with E-state index in [4.69, 9.17) is 15.9 Å². The zero-order chi connectivity index (χ0) is 20.7. The number of ether oxygens (including phenoxy) is 1. The van der Waals surface area contributed by atoms with E-state index < -0.39 is 20.7 Å². The number of hydrogen-bond acceptors (Lipinski definition) is 4. The lowest BCUT2D eigenvalue weighted by Crippen LogP contribution is -2.38. The van der Waals surface area contributed by atoms with Crippen LogP contribution in [0.15, 0.2) is 48.5 Å². The van der Waals surface area contributed by atoms with Gasteiger partial charge < -0.3 is 21.1 Å². The van der Waals surface area contributed by atoms with Crippen LogP contribution in [0.3, 0.4) is 0 Å². The Morgan fingerprint density at radius 3 is 2.21 bits per heavy atom. The quantitative estimate of drug-likeness (QED) is 0.306. The number of benzene rings is 2. The van der Waals surface area contributed by atoms with E-state index in [9.17, 15) is 9.59 Å². The van der Waals surface area contributed by atoms with Crippen molar-refractivity contribution in [1.82, 2.24) is 5.32 Å². The Morgan fingerprint density at radius 1 is 1.11 bits per heavy atom. The van der Waals surface area contributed by atoms with Crippen LogP contribution in [-0.4, -0.2) is 33.6 Å². The van der Waals surface area contributed by atoms with Crippen LogP contribution in [0, 0.1) is 5.41 Å². The van der Waals surface area contributed by atoms with Crippen molar-refractivity contribution in [1.29, 1.82) is 5.41 Å². The maximum Gasteiger partial charge on any atom is 0.251 e. The summed E-state index contributed by atoms with van der Waals surface area (Å²) >= 11 is 0. The van der Waals surface area contributed by atoms with Crippen molar-refractivity contribution < 1.29 is 14.3 Å². The summed E-state index contributed by atoms with van der Waals surface area (Å²) in [5.74, 6) is -0.493. The van der Waals surface area contributed by atoms with Gasteiger partial charge in [-0.1, -0.05) is 42.5 Å². The van der Waals surface area contributed by atoms with Gasteiger partial charge in [0.1, 0.15) is 11.8 Å². The molecule has 7 nitrogen and oxygen atoms in total. The molecule has 0 saturated carbocycles. The smallest absolute Gasteiger partial charge is 0.251 e. The number of rotatable bonds is 8. The number of carbonyl (C=O) groups excluding carboxylic acids is 2. The van der Waals surface area contributed by atoms with E-state index in [1.807, 2.05) is 24.3 Å². The average molecular weight is 399 g/mol. The van der Waals surface area contributed by atoms with Crippen LogP contribution in [0.25, 0.3) is 0 Å². The number of anilines is 1. The lowest BCUT2D eigenvalue weighted by Gasteiger charge is -2.19. The van der Waals surface area contributed by atoms with Gasteiger partial charge >= 0.3 is 0 Å². The fourth-order valence-electron chi connectivity index (χ4n) is 2.65. The zero-order valence-corrected chi connectivity index (χ0v) is 17.4. The molecule has 0 saturated heterocycles. The summed E-state index contributed by atoms with van der Waals surface area (Å²) in [5, 5.41) is 14.1. The lowest BCUT2D eigenvalue weighted by molar-refractivity contribution is -0.125. The van der Waals surface area contributed by atoms with Gasteiger partial charge in [0.2, 0.25) is 5.91 Å².